The Balaban J connectivity index is 1.74. The van der Waals surface area contributed by atoms with Crippen LogP contribution < -0.4 is 5.32 Å². The Kier molecular flexibility index (Phi) is 5.41. The molecule has 1 aromatic rings. The van der Waals surface area contributed by atoms with E-state index in [2.05, 4.69) is 17.1 Å². The number of aromatic hydroxyl groups is 1. The number of nitrogens with one attached hydrogen (secondary N) is 1. The molecule has 1 aliphatic rings. The minimum absolute atomic E-state index is 0.0134. The molecule has 1 unspecified atom stereocenters. The summed E-state index contributed by atoms with van der Waals surface area (Å²) in [6.07, 6.45) is 4.18. The monoisotopic (exact) mass is 276 g/mol. The summed E-state index contributed by atoms with van der Waals surface area (Å²) in [5.74, 6) is 0.219. The van der Waals surface area contributed by atoms with E-state index in [9.17, 15) is 9.90 Å². The standard InChI is InChI=1S/C16H24N2O2/c1-13(18-8-3-2-4-9-18)12-17-16(20)11-14-6-5-7-15(19)10-14/h5-7,10,13,19H,2-4,8-9,11-12H2,1H3,(H,17,20). The molecule has 1 saturated heterocycles. The molecule has 110 valence electrons. The van der Waals surface area contributed by atoms with Crippen molar-refractivity contribution < 1.29 is 9.90 Å². The smallest absolute Gasteiger partial charge is 0.224 e. The summed E-state index contributed by atoms with van der Waals surface area (Å²) in [4.78, 5) is 14.3. The normalized spacial score (nSPS) is 17.6. The molecular formula is C16H24N2O2. The number of amides is 1. The molecule has 0 saturated carbocycles. The van der Waals surface area contributed by atoms with Crippen LogP contribution in [0.4, 0.5) is 0 Å². The van der Waals surface area contributed by atoms with E-state index in [0.29, 0.717) is 19.0 Å². The summed E-state index contributed by atoms with van der Waals surface area (Å²) in [6, 6.07) is 7.25. The summed E-state index contributed by atoms with van der Waals surface area (Å²) in [6.45, 7) is 5.14. The highest BCUT2D eigenvalue weighted by atomic mass is 16.3. The molecule has 0 radical (unpaired) electrons. The van der Waals surface area contributed by atoms with Crippen LogP contribution in [0.15, 0.2) is 24.3 Å². The van der Waals surface area contributed by atoms with Gasteiger partial charge in [0.2, 0.25) is 5.91 Å². The Bertz CT molecular complexity index is 442. The average molecular weight is 276 g/mol. The molecule has 2 N–H and O–H groups in total. The third-order valence-electron chi connectivity index (χ3n) is 3.88. The number of hydrogen-bond acceptors (Lipinski definition) is 3. The Morgan fingerprint density at radius 1 is 1.35 bits per heavy atom. The third-order valence-corrected chi connectivity index (χ3v) is 3.88. The zero-order valence-electron chi connectivity index (χ0n) is 12.1. The number of likely N-dealkylation sites (tertiary alicyclic amines) is 1. The molecule has 0 aromatic heterocycles. The van der Waals surface area contributed by atoms with E-state index in [1.807, 2.05) is 6.07 Å². The number of hydrogen-bond donors (Lipinski definition) is 2. The van der Waals surface area contributed by atoms with Crippen LogP contribution in [-0.4, -0.2) is 41.6 Å². The second kappa shape index (κ2) is 7.29. The zero-order chi connectivity index (χ0) is 14.4. The first-order valence-corrected chi connectivity index (χ1v) is 7.44. The number of nitrogens with zero attached hydrogens (tertiary/aromatic N) is 1. The predicted molar refractivity (Wildman–Crippen MR) is 79.7 cm³/mol. The summed E-state index contributed by atoms with van der Waals surface area (Å²) in [5, 5.41) is 12.4. The van der Waals surface area contributed by atoms with E-state index in [1.54, 1.807) is 18.2 Å². The van der Waals surface area contributed by atoms with Gasteiger partial charge < -0.3 is 10.4 Å². The second-order valence-corrected chi connectivity index (χ2v) is 5.60. The fourth-order valence-electron chi connectivity index (χ4n) is 2.66. The average Bonchev–Trinajstić information content (AvgIpc) is 2.46. The Morgan fingerprint density at radius 2 is 2.10 bits per heavy atom. The first-order chi connectivity index (χ1) is 9.65. The lowest BCUT2D eigenvalue weighted by atomic mass is 10.1. The number of rotatable bonds is 5. The van der Waals surface area contributed by atoms with Crippen LogP contribution in [0.2, 0.25) is 0 Å². The lowest BCUT2D eigenvalue weighted by Crippen LogP contribution is -2.44. The largest absolute Gasteiger partial charge is 0.508 e. The number of carbonyl (C=O) groups excluding carboxylic acids is 1. The van der Waals surface area contributed by atoms with Crippen molar-refractivity contribution in [3.63, 3.8) is 0 Å². The maximum atomic E-state index is 11.9. The van der Waals surface area contributed by atoms with Crippen molar-refractivity contribution in [1.29, 1.82) is 0 Å². The minimum atomic E-state index is 0.0134. The van der Waals surface area contributed by atoms with Crippen LogP contribution in [0.5, 0.6) is 5.75 Å². The number of piperidine rings is 1. The van der Waals surface area contributed by atoms with Crippen LogP contribution in [-0.2, 0) is 11.2 Å². The highest BCUT2D eigenvalue weighted by Crippen LogP contribution is 2.12. The number of carbonyl (C=O) groups is 1. The SMILES string of the molecule is CC(CNC(=O)Cc1cccc(O)c1)N1CCCCC1. The van der Waals surface area contributed by atoms with Gasteiger partial charge in [0, 0.05) is 12.6 Å². The van der Waals surface area contributed by atoms with Gasteiger partial charge in [-0.1, -0.05) is 18.6 Å². The number of benzene rings is 1. The summed E-state index contributed by atoms with van der Waals surface area (Å²) < 4.78 is 0. The van der Waals surface area contributed by atoms with Gasteiger partial charge in [-0.25, -0.2) is 0 Å². The van der Waals surface area contributed by atoms with Crippen molar-refractivity contribution in [3.05, 3.63) is 29.8 Å². The van der Waals surface area contributed by atoms with Crippen LogP contribution >= 0.6 is 0 Å². The van der Waals surface area contributed by atoms with Crippen molar-refractivity contribution in [3.8, 4) is 5.75 Å². The summed E-state index contributed by atoms with van der Waals surface area (Å²) in [5.41, 5.74) is 0.841. The number of phenolic OH excluding ortho intramolecular Hbond substituents is 1. The molecule has 1 atom stereocenters. The fourth-order valence-corrected chi connectivity index (χ4v) is 2.66. The maximum absolute atomic E-state index is 11.9. The van der Waals surface area contributed by atoms with Crippen molar-refractivity contribution >= 4 is 5.91 Å². The van der Waals surface area contributed by atoms with Gasteiger partial charge in [-0.05, 0) is 50.6 Å². The molecule has 4 nitrogen and oxygen atoms in total. The lowest BCUT2D eigenvalue weighted by molar-refractivity contribution is -0.120. The molecule has 0 aliphatic carbocycles. The van der Waals surface area contributed by atoms with Gasteiger partial charge in [0.15, 0.2) is 0 Å². The first-order valence-electron chi connectivity index (χ1n) is 7.44. The van der Waals surface area contributed by atoms with Crippen molar-refractivity contribution in [2.24, 2.45) is 0 Å². The van der Waals surface area contributed by atoms with Gasteiger partial charge >= 0.3 is 0 Å². The van der Waals surface area contributed by atoms with E-state index in [-0.39, 0.29) is 11.7 Å². The molecule has 2 rings (SSSR count). The van der Waals surface area contributed by atoms with Gasteiger partial charge in [-0.15, -0.1) is 0 Å². The minimum Gasteiger partial charge on any atom is -0.508 e. The molecule has 0 spiro atoms. The molecule has 20 heavy (non-hydrogen) atoms. The molecule has 1 amide bonds. The van der Waals surface area contributed by atoms with E-state index >= 15 is 0 Å². The molecule has 4 heteroatoms. The van der Waals surface area contributed by atoms with Crippen molar-refractivity contribution in [1.82, 2.24) is 10.2 Å². The van der Waals surface area contributed by atoms with Gasteiger partial charge in [0.25, 0.3) is 0 Å². The zero-order valence-corrected chi connectivity index (χ0v) is 12.1. The van der Waals surface area contributed by atoms with Gasteiger partial charge in [-0.3, -0.25) is 9.69 Å². The molecule has 1 heterocycles. The van der Waals surface area contributed by atoms with Gasteiger partial charge in [0.05, 0.1) is 6.42 Å². The quantitative estimate of drug-likeness (QED) is 0.864. The Morgan fingerprint density at radius 3 is 2.80 bits per heavy atom. The van der Waals surface area contributed by atoms with Gasteiger partial charge in [-0.2, -0.15) is 0 Å². The predicted octanol–water partition coefficient (Wildman–Crippen LogP) is 1.93. The second-order valence-electron chi connectivity index (χ2n) is 5.60. The van der Waals surface area contributed by atoms with Gasteiger partial charge in [0.1, 0.15) is 5.75 Å². The van der Waals surface area contributed by atoms with E-state index in [0.717, 1.165) is 18.7 Å². The fraction of sp³-hybridized carbons (Fsp3) is 0.562. The number of phenols is 1. The van der Waals surface area contributed by atoms with Crippen LogP contribution in [0.1, 0.15) is 31.7 Å². The molecule has 1 fully saturated rings. The highest BCUT2D eigenvalue weighted by molar-refractivity contribution is 5.78. The molecule has 1 aliphatic heterocycles. The summed E-state index contributed by atoms with van der Waals surface area (Å²) in [7, 11) is 0. The van der Waals surface area contributed by atoms with Crippen LogP contribution in [0.3, 0.4) is 0 Å². The molecule has 0 bridgehead atoms. The van der Waals surface area contributed by atoms with E-state index in [1.165, 1.54) is 19.3 Å². The van der Waals surface area contributed by atoms with Crippen molar-refractivity contribution in [2.45, 2.75) is 38.6 Å². The van der Waals surface area contributed by atoms with Crippen LogP contribution in [0, 0.1) is 0 Å². The summed E-state index contributed by atoms with van der Waals surface area (Å²) >= 11 is 0. The lowest BCUT2D eigenvalue weighted by Gasteiger charge is -2.32. The molecular weight excluding hydrogens is 252 g/mol. The Labute approximate surface area is 120 Å². The third kappa shape index (κ3) is 4.53. The molecule has 1 aromatic carbocycles. The van der Waals surface area contributed by atoms with E-state index < -0.39 is 0 Å². The first kappa shape index (κ1) is 14.9. The highest BCUT2D eigenvalue weighted by Gasteiger charge is 2.17. The topological polar surface area (TPSA) is 52.6 Å². The maximum Gasteiger partial charge on any atom is 0.224 e. The van der Waals surface area contributed by atoms with Crippen molar-refractivity contribution in [2.75, 3.05) is 19.6 Å². The van der Waals surface area contributed by atoms with E-state index in [4.69, 9.17) is 0 Å². The van der Waals surface area contributed by atoms with Crippen LogP contribution in [0.25, 0.3) is 0 Å². The Hall–Kier alpha value is -1.55.